The number of fused-ring (bicyclic) bond motifs is 1. The summed E-state index contributed by atoms with van der Waals surface area (Å²) < 4.78 is 34.5. The van der Waals surface area contributed by atoms with Gasteiger partial charge in [0.2, 0.25) is 0 Å². The van der Waals surface area contributed by atoms with Crippen molar-refractivity contribution in [3.8, 4) is 0 Å². The van der Waals surface area contributed by atoms with Gasteiger partial charge in [0.05, 0.1) is 16.6 Å². The Kier molecular flexibility index (Phi) is 6.12. The predicted molar refractivity (Wildman–Crippen MR) is 121 cm³/mol. The zero-order valence-corrected chi connectivity index (χ0v) is 17.8. The van der Waals surface area contributed by atoms with Gasteiger partial charge >= 0.3 is 5.97 Å². The molecule has 0 saturated carbocycles. The summed E-state index contributed by atoms with van der Waals surface area (Å²) in [6.45, 7) is 4.93. The van der Waals surface area contributed by atoms with Crippen LogP contribution in [0, 0.1) is 17.6 Å². The summed E-state index contributed by atoms with van der Waals surface area (Å²) >= 11 is 0. The van der Waals surface area contributed by atoms with Crippen molar-refractivity contribution in [3.63, 3.8) is 0 Å². The van der Waals surface area contributed by atoms with Crippen LogP contribution in [0.15, 0.2) is 72.8 Å². The maximum Gasteiger partial charge on any atom is 0.343 e. The van der Waals surface area contributed by atoms with Crippen LogP contribution in [0.3, 0.4) is 0 Å². The molecule has 0 aliphatic carbocycles. The van der Waals surface area contributed by atoms with E-state index in [2.05, 4.69) is 18.4 Å². The maximum absolute atomic E-state index is 13.5. The van der Waals surface area contributed by atoms with Crippen molar-refractivity contribution >= 4 is 28.8 Å². The van der Waals surface area contributed by atoms with E-state index < -0.39 is 17.6 Å². The number of imidazole rings is 1. The average molecular weight is 432 g/mol. The number of ether oxygens (including phenoxy) is 1. The summed E-state index contributed by atoms with van der Waals surface area (Å²) in [5, 5.41) is 0. The molecule has 4 aromatic rings. The summed E-state index contributed by atoms with van der Waals surface area (Å²) in [5.41, 5.74) is 2.51. The number of aromatic nitrogens is 2. The minimum Gasteiger partial charge on any atom is -0.422 e. The lowest BCUT2D eigenvalue weighted by Crippen LogP contribution is -2.08. The molecule has 0 bridgehead atoms. The van der Waals surface area contributed by atoms with Gasteiger partial charge in [-0.2, -0.15) is 0 Å². The predicted octanol–water partition coefficient (Wildman–Crippen LogP) is 6.33. The number of benzene rings is 3. The molecule has 0 N–H and O–H groups in total. The number of carbonyl (C=O) groups excluding carboxylic acids is 1. The Morgan fingerprint density at radius 3 is 2.16 bits per heavy atom. The number of carbonyl (C=O) groups is 1. The topological polar surface area (TPSA) is 44.1 Å². The van der Waals surface area contributed by atoms with Crippen LogP contribution in [0.4, 0.5) is 8.78 Å². The van der Waals surface area contributed by atoms with Gasteiger partial charge in [0.25, 0.3) is 0 Å². The average Bonchev–Trinajstić information content (AvgIpc) is 3.11. The first-order chi connectivity index (χ1) is 15.4. The first-order valence-corrected chi connectivity index (χ1v) is 10.3. The maximum atomic E-state index is 13.5. The lowest BCUT2D eigenvalue weighted by Gasteiger charge is -2.12. The van der Waals surface area contributed by atoms with Crippen molar-refractivity contribution < 1.29 is 18.3 Å². The molecule has 0 aliphatic rings. The number of nitrogens with zero attached hydrogens (tertiary/aromatic N) is 2. The molecule has 6 heteroatoms. The molecule has 0 atom stereocenters. The monoisotopic (exact) mass is 432 g/mol. The Labute approximate surface area is 184 Å². The summed E-state index contributed by atoms with van der Waals surface area (Å²) in [4.78, 5) is 17.5. The SMILES string of the molecule is CC(C)Cn1c(/C=C(\OC(=O)c2ccc(F)cc2)c2ccc(F)cc2)nc2ccccc21. The van der Waals surface area contributed by atoms with Crippen molar-refractivity contribution in [2.24, 2.45) is 5.92 Å². The first kappa shape index (κ1) is 21.4. The Hall–Kier alpha value is -3.80. The van der Waals surface area contributed by atoms with Gasteiger partial charge < -0.3 is 9.30 Å². The van der Waals surface area contributed by atoms with Crippen LogP contribution in [0.25, 0.3) is 22.9 Å². The molecule has 0 spiro atoms. The van der Waals surface area contributed by atoms with Crippen LogP contribution in [0.5, 0.6) is 0 Å². The molecule has 4 rings (SSSR count). The Balaban J connectivity index is 1.80. The Morgan fingerprint density at radius 1 is 0.938 bits per heavy atom. The second-order valence-corrected chi connectivity index (χ2v) is 7.88. The van der Waals surface area contributed by atoms with E-state index >= 15 is 0 Å². The van der Waals surface area contributed by atoms with Crippen molar-refractivity contribution in [2.75, 3.05) is 0 Å². The lowest BCUT2D eigenvalue weighted by molar-refractivity contribution is 0.0693. The quantitative estimate of drug-likeness (QED) is 0.264. The molecule has 0 radical (unpaired) electrons. The van der Waals surface area contributed by atoms with E-state index in [9.17, 15) is 13.6 Å². The highest BCUT2D eigenvalue weighted by Gasteiger charge is 2.16. The van der Waals surface area contributed by atoms with Gasteiger partial charge in [-0.05, 0) is 66.6 Å². The van der Waals surface area contributed by atoms with Crippen molar-refractivity contribution in [3.05, 3.63) is 101 Å². The molecule has 0 aliphatic heterocycles. The molecule has 162 valence electrons. The van der Waals surface area contributed by atoms with E-state index in [4.69, 9.17) is 9.72 Å². The summed E-state index contributed by atoms with van der Waals surface area (Å²) in [5.74, 6) is -0.295. The molecule has 0 amide bonds. The second kappa shape index (κ2) is 9.14. The van der Waals surface area contributed by atoms with Crippen molar-refractivity contribution in [1.29, 1.82) is 0 Å². The van der Waals surface area contributed by atoms with Crippen LogP contribution in [0.2, 0.25) is 0 Å². The highest BCUT2D eigenvalue weighted by molar-refractivity contribution is 5.95. The van der Waals surface area contributed by atoms with Gasteiger partial charge in [0.15, 0.2) is 0 Å². The zero-order chi connectivity index (χ0) is 22.7. The molecule has 3 aromatic carbocycles. The molecule has 1 aromatic heterocycles. The molecule has 0 saturated heterocycles. The fourth-order valence-corrected chi connectivity index (χ4v) is 3.41. The molecule has 1 heterocycles. The van der Waals surface area contributed by atoms with Gasteiger partial charge in [0, 0.05) is 18.2 Å². The highest BCUT2D eigenvalue weighted by atomic mass is 19.1. The third kappa shape index (κ3) is 4.75. The van der Waals surface area contributed by atoms with E-state index in [1.54, 1.807) is 6.08 Å². The third-order valence-electron chi connectivity index (χ3n) is 4.90. The normalized spacial score (nSPS) is 11.8. The van der Waals surface area contributed by atoms with Crippen LogP contribution in [-0.4, -0.2) is 15.5 Å². The van der Waals surface area contributed by atoms with Gasteiger partial charge in [-0.3, -0.25) is 0 Å². The van der Waals surface area contributed by atoms with E-state index in [0.29, 0.717) is 17.3 Å². The number of esters is 1. The van der Waals surface area contributed by atoms with Crippen LogP contribution < -0.4 is 0 Å². The summed E-state index contributed by atoms with van der Waals surface area (Å²) in [6.07, 6.45) is 1.68. The third-order valence-corrected chi connectivity index (χ3v) is 4.90. The number of hydrogen-bond donors (Lipinski definition) is 0. The Bertz CT molecular complexity index is 1270. The number of hydrogen-bond acceptors (Lipinski definition) is 3. The smallest absolute Gasteiger partial charge is 0.343 e. The minimum atomic E-state index is -0.646. The molecular formula is C26H22F2N2O2. The van der Waals surface area contributed by atoms with Gasteiger partial charge in [-0.25, -0.2) is 18.6 Å². The van der Waals surface area contributed by atoms with Crippen LogP contribution in [0.1, 0.15) is 35.6 Å². The van der Waals surface area contributed by atoms with E-state index in [1.807, 2.05) is 24.3 Å². The minimum absolute atomic E-state index is 0.204. The van der Waals surface area contributed by atoms with Crippen LogP contribution in [-0.2, 0) is 11.3 Å². The van der Waals surface area contributed by atoms with E-state index in [0.717, 1.165) is 17.6 Å². The summed E-state index contributed by atoms with van der Waals surface area (Å²) in [6, 6.07) is 18.5. The Morgan fingerprint density at radius 2 is 1.53 bits per heavy atom. The fourth-order valence-electron chi connectivity index (χ4n) is 3.41. The van der Waals surface area contributed by atoms with E-state index in [1.165, 1.54) is 48.5 Å². The van der Waals surface area contributed by atoms with Crippen molar-refractivity contribution in [1.82, 2.24) is 9.55 Å². The van der Waals surface area contributed by atoms with Gasteiger partial charge in [-0.15, -0.1) is 0 Å². The molecular weight excluding hydrogens is 410 g/mol. The number of halogens is 2. The largest absolute Gasteiger partial charge is 0.422 e. The van der Waals surface area contributed by atoms with E-state index in [-0.39, 0.29) is 11.3 Å². The first-order valence-electron chi connectivity index (χ1n) is 10.3. The highest BCUT2D eigenvalue weighted by Crippen LogP contribution is 2.25. The molecule has 0 fully saturated rings. The van der Waals surface area contributed by atoms with Gasteiger partial charge in [-0.1, -0.05) is 26.0 Å². The summed E-state index contributed by atoms with van der Waals surface area (Å²) in [7, 11) is 0. The van der Waals surface area contributed by atoms with Gasteiger partial charge in [0.1, 0.15) is 23.2 Å². The zero-order valence-electron chi connectivity index (χ0n) is 17.8. The van der Waals surface area contributed by atoms with Crippen molar-refractivity contribution in [2.45, 2.75) is 20.4 Å². The second-order valence-electron chi connectivity index (χ2n) is 7.88. The molecule has 4 nitrogen and oxygen atoms in total. The lowest BCUT2D eigenvalue weighted by atomic mass is 10.1. The molecule has 0 unspecified atom stereocenters. The molecule has 32 heavy (non-hydrogen) atoms. The number of rotatable bonds is 6. The standard InChI is InChI=1S/C26H22F2N2O2/c1-17(2)16-30-23-6-4-3-5-22(23)29-25(30)15-24(18-7-11-20(27)12-8-18)32-26(31)19-9-13-21(28)14-10-19/h3-15,17H,16H2,1-2H3/b24-15-. The van der Waals surface area contributed by atoms with Crippen LogP contribution >= 0.6 is 0 Å². The fraction of sp³-hybridized carbons (Fsp3) is 0.154. The number of para-hydroxylation sites is 2.